The lowest BCUT2D eigenvalue weighted by Gasteiger charge is -2.43. The molecule has 4 atom stereocenters. The Balaban J connectivity index is 1.30. The van der Waals surface area contributed by atoms with Crippen LogP contribution in [0.15, 0.2) is 41.8 Å². The second-order valence-corrected chi connectivity index (χ2v) is 8.53. The molecule has 160 valence electrons. The van der Waals surface area contributed by atoms with Crippen molar-refractivity contribution in [2.24, 2.45) is 0 Å². The number of aliphatic hydroxyl groups is 4. The molecule has 6 nitrogen and oxygen atoms in total. The van der Waals surface area contributed by atoms with E-state index >= 15 is 0 Å². The minimum atomic E-state index is -1.20. The third-order valence-electron chi connectivity index (χ3n) is 5.48. The van der Waals surface area contributed by atoms with Gasteiger partial charge in [0.1, 0.15) is 12.2 Å². The van der Waals surface area contributed by atoms with E-state index in [1.54, 1.807) is 11.3 Å². The zero-order chi connectivity index (χ0) is 20.6. The molecule has 0 aliphatic carbocycles. The number of aliphatic hydroxyl groups excluding tert-OH is 4. The van der Waals surface area contributed by atoms with Crippen molar-refractivity contribution in [1.29, 1.82) is 0 Å². The smallest absolute Gasteiger partial charge is 0.109 e. The molecule has 0 bridgehead atoms. The molecule has 0 amide bonds. The molecule has 1 aliphatic rings. The molecule has 0 unspecified atom stereocenters. The monoisotopic (exact) mass is 421 g/mol. The van der Waals surface area contributed by atoms with Crippen LogP contribution in [0.25, 0.3) is 10.4 Å². The molecule has 2 heterocycles. The van der Waals surface area contributed by atoms with Gasteiger partial charge in [-0.25, -0.2) is 0 Å². The summed E-state index contributed by atoms with van der Waals surface area (Å²) in [6.45, 7) is 1.97. The second kappa shape index (κ2) is 11.2. The number of piperidine rings is 1. The fourth-order valence-electron chi connectivity index (χ4n) is 3.73. The van der Waals surface area contributed by atoms with Crippen LogP contribution >= 0.6 is 11.3 Å². The van der Waals surface area contributed by atoms with Gasteiger partial charge in [-0.15, -0.1) is 11.3 Å². The molecule has 2 aromatic rings. The number of unbranched alkanes of at least 4 members (excludes halogenated alkanes) is 2. The Morgan fingerprint density at radius 1 is 1.00 bits per heavy atom. The maximum atomic E-state index is 10.00. The quantitative estimate of drug-likeness (QED) is 0.438. The molecular formula is C22H31NO5S. The van der Waals surface area contributed by atoms with Crippen molar-refractivity contribution in [3.63, 3.8) is 0 Å². The maximum Gasteiger partial charge on any atom is 0.109 e. The van der Waals surface area contributed by atoms with Crippen LogP contribution in [0.5, 0.6) is 0 Å². The van der Waals surface area contributed by atoms with E-state index in [-0.39, 0.29) is 13.2 Å². The van der Waals surface area contributed by atoms with Gasteiger partial charge in [-0.05, 0) is 48.4 Å². The van der Waals surface area contributed by atoms with Gasteiger partial charge in [-0.3, -0.25) is 4.90 Å². The van der Waals surface area contributed by atoms with Gasteiger partial charge in [0.05, 0.1) is 25.4 Å². The first kappa shape index (κ1) is 22.4. The van der Waals surface area contributed by atoms with E-state index in [9.17, 15) is 20.4 Å². The largest absolute Gasteiger partial charge is 0.395 e. The van der Waals surface area contributed by atoms with Gasteiger partial charge in [-0.1, -0.05) is 30.3 Å². The summed E-state index contributed by atoms with van der Waals surface area (Å²) < 4.78 is 5.77. The van der Waals surface area contributed by atoms with Crippen LogP contribution < -0.4 is 0 Å². The Hall–Kier alpha value is -1.32. The van der Waals surface area contributed by atoms with Gasteiger partial charge in [0, 0.05) is 18.0 Å². The van der Waals surface area contributed by atoms with Crippen LogP contribution in [-0.4, -0.2) is 76.0 Å². The van der Waals surface area contributed by atoms with Crippen molar-refractivity contribution in [2.45, 2.75) is 50.2 Å². The second-order valence-electron chi connectivity index (χ2n) is 7.58. The average molecular weight is 422 g/mol. The molecule has 1 aliphatic heterocycles. The fraction of sp³-hybridized carbons (Fsp3) is 0.545. The average Bonchev–Trinajstić information content (AvgIpc) is 3.27. The van der Waals surface area contributed by atoms with Gasteiger partial charge in [0.25, 0.3) is 0 Å². The molecule has 7 heteroatoms. The summed E-state index contributed by atoms with van der Waals surface area (Å²) in [6, 6.07) is 12.1. The predicted molar refractivity (Wildman–Crippen MR) is 114 cm³/mol. The fourth-order valence-corrected chi connectivity index (χ4v) is 4.46. The highest BCUT2D eigenvalue weighted by Crippen LogP contribution is 2.25. The summed E-state index contributed by atoms with van der Waals surface area (Å²) in [6.07, 6.45) is -0.540. The van der Waals surface area contributed by atoms with E-state index < -0.39 is 24.4 Å². The van der Waals surface area contributed by atoms with Crippen LogP contribution in [0, 0.1) is 0 Å². The van der Waals surface area contributed by atoms with Crippen molar-refractivity contribution < 1.29 is 25.2 Å². The standard InChI is InChI=1S/C22H31NO5S/c24-14-18-21(26)22(27)19(25)13-23(18)10-2-1-3-11-28-15-16-6-8-17(9-7-16)20-5-4-12-29-20/h4-9,12,18-19,21-22,24-27H,1-3,10-11,13-15H2/t18-,19-,21+,22+/m0/s1. The number of ether oxygens (including phenoxy) is 1. The van der Waals surface area contributed by atoms with Crippen molar-refractivity contribution in [2.75, 3.05) is 26.3 Å². The Labute approximate surface area is 176 Å². The molecule has 0 spiro atoms. The van der Waals surface area contributed by atoms with Crippen molar-refractivity contribution in [3.05, 3.63) is 47.3 Å². The molecule has 4 N–H and O–H groups in total. The Morgan fingerprint density at radius 2 is 1.79 bits per heavy atom. The van der Waals surface area contributed by atoms with Gasteiger partial charge in [0.2, 0.25) is 0 Å². The first-order chi connectivity index (χ1) is 14.1. The third-order valence-corrected chi connectivity index (χ3v) is 6.40. The number of likely N-dealkylation sites (tertiary alicyclic amines) is 1. The van der Waals surface area contributed by atoms with E-state index in [1.165, 1.54) is 10.4 Å². The first-order valence-electron chi connectivity index (χ1n) is 10.2. The minimum Gasteiger partial charge on any atom is -0.395 e. The van der Waals surface area contributed by atoms with Crippen LogP contribution in [0.4, 0.5) is 0 Å². The maximum absolute atomic E-state index is 10.00. The van der Waals surface area contributed by atoms with Gasteiger partial charge >= 0.3 is 0 Å². The highest BCUT2D eigenvalue weighted by atomic mass is 32.1. The van der Waals surface area contributed by atoms with E-state index in [4.69, 9.17) is 4.74 Å². The van der Waals surface area contributed by atoms with Crippen LogP contribution in [0.1, 0.15) is 24.8 Å². The van der Waals surface area contributed by atoms with Crippen molar-refractivity contribution in [3.8, 4) is 10.4 Å². The van der Waals surface area contributed by atoms with E-state index in [0.29, 0.717) is 19.8 Å². The number of rotatable bonds is 10. The summed E-state index contributed by atoms with van der Waals surface area (Å²) >= 11 is 1.73. The van der Waals surface area contributed by atoms with Crippen molar-refractivity contribution >= 4 is 11.3 Å². The zero-order valence-electron chi connectivity index (χ0n) is 16.6. The number of benzene rings is 1. The SMILES string of the molecule is OC[C@H]1[C@@H](O)[C@H](O)[C@@H](O)CN1CCCCCOCc1ccc(-c2cccs2)cc1. The molecule has 3 rings (SSSR count). The van der Waals surface area contributed by atoms with Gasteiger partial charge in [-0.2, -0.15) is 0 Å². The summed E-state index contributed by atoms with van der Waals surface area (Å²) in [5, 5.41) is 41.1. The highest BCUT2D eigenvalue weighted by molar-refractivity contribution is 7.13. The molecule has 0 saturated carbocycles. The number of β-amino-alcohol motifs (C(OH)–C–C–N with tert-alkyl or cyclic N) is 1. The summed E-state index contributed by atoms with van der Waals surface area (Å²) in [5.41, 5.74) is 2.39. The molecular weight excluding hydrogens is 390 g/mol. The number of hydrogen-bond acceptors (Lipinski definition) is 7. The van der Waals surface area contributed by atoms with E-state index in [1.807, 2.05) is 4.90 Å². The van der Waals surface area contributed by atoms with Crippen LogP contribution in [0.3, 0.4) is 0 Å². The number of nitrogens with zero attached hydrogens (tertiary/aromatic N) is 1. The van der Waals surface area contributed by atoms with Gasteiger partial charge in [0.15, 0.2) is 0 Å². The molecule has 1 aromatic carbocycles. The molecule has 0 radical (unpaired) electrons. The molecule has 1 saturated heterocycles. The zero-order valence-corrected chi connectivity index (χ0v) is 17.4. The van der Waals surface area contributed by atoms with Gasteiger partial charge < -0.3 is 25.2 Å². The summed E-state index contributed by atoms with van der Waals surface area (Å²) in [4.78, 5) is 3.13. The first-order valence-corrected chi connectivity index (χ1v) is 11.1. The molecule has 1 aromatic heterocycles. The lowest BCUT2D eigenvalue weighted by Crippen LogP contribution is -2.62. The topological polar surface area (TPSA) is 93.4 Å². The van der Waals surface area contributed by atoms with E-state index in [0.717, 1.165) is 24.8 Å². The Bertz CT molecular complexity index is 709. The normalized spacial score (nSPS) is 25.4. The number of thiophene rings is 1. The molecule has 29 heavy (non-hydrogen) atoms. The van der Waals surface area contributed by atoms with Crippen LogP contribution in [0.2, 0.25) is 0 Å². The lowest BCUT2D eigenvalue weighted by molar-refractivity contribution is -0.145. The summed E-state index contributed by atoms with van der Waals surface area (Å²) in [5.74, 6) is 0. The minimum absolute atomic E-state index is 0.237. The van der Waals surface area contributed by atoms with Crippen LogP contribution in [-0.2, 0) is 11.3 Å². The highest BCUT2D eigenvalue weighted by Gasteiger charge is 2.40. The number of hydrogen-bond donors (Lipinski definition) is 4. The summed E-state index contributed by atoms with van der Waals surface area (Å²) in [7, 11) is 0. The predicted octanol–water partition coefficient (Wildman–Crippen LogP) is 1.86. The third kappa shape index (κ3) is 6.08. The molecule has 1 fully saturated rings. The Kier molecular flexibility index (Phi) is 8.62. The van der Waals surface area contributed by atoms with E-state index in [2.05, 4.69) is 41.8 Å². The lowest BCUT2D eigenvalue weighted by atomic mass is 9.94. The van der Waals surface area contributed by atoms with Crippen molar-refractivity contribution in [1.82, 2.24) is 4.90 Å². The Morgan fingerprint density at radius 3 is 2.48 bits per heavy atom.